The van der Waals surface area contributed by atoms with Crippen molar-refractivity contribution in [1.29, 1.82) is 0 Å². The lowest BCUT2D eigenvalue weighted by molar-refractivity contribution is -0.135. The van der Waals surface area contributed by atoms with Crippen LogP contribution in [0.25, 0.3) is 0 Å². The number of hydrogen-bond donors (Lipinski definition) is 3. The number of hydrogen-bond acceptors (Lipinski definition) is 3. The summed E-state index contributed by atoms with van der Waals surface area (Å²) in [5.41, 5.74) is 6.06. The summed E-state index contributed by atoms with van der Waals surface area (Å²) in [5.74, 6) is -1.63. The summed E-state index contributed by atoms with van der Waals surface area (Å²) >= 11 is 5.68. The molecule has 0 bridgehead atoms. The van der Waals surface area contributed by atoms with E-state index in [1.165, 1.54) is 18.2 Å². The molecule has 1 amide bonds. The van der Waals surface area contributed by atoms with E-state index in [0.717, 1.165) is 0 Å². The normalized spacial score (nSPS) is 9.67. The first kappa shape index (κ1) is 11.3. The highest BCUT2D eigenvalue weighted by atomic mass is 35.5. The number of anilines is 1. The lowest BCUT2D eigenvalue weighted by atomic mass is 10.2. The summed E-state index contributed by atoms with van der Waals surface area (Å²) in [4.78, 5) is 21.6. The Morgan fingerprint density at radius 1 is 1.40 bits per heavy atom. The number of nitrogen functional groups attached to an aromatic ring is 1. The third-order valence-electron chi connectivity index (χ3n) is 1.58. The van der Waals surface area contributed by atoms with E-state index in [4.69, 9.17) is 22.4 Å². The minimum Gasteiger partial charge on any atom is -0.480 e. The van der Waals surface area contributed by atoms with Crippen molar-refractivity contribution >= 4 is 29.2 Å². The summed E-state index contributed by atoms with van der Waals surface area (Å²) < 4.78 is 0. The molecule has 0 aliphatic heterocycles. The Morgan fingerprint density at radius 3 is 2.60 bits per heavy atom. The molecule has 0 fully saturated rings. The van der Waals surface area contributed by atoms with E-state index in [1.807, 2.05) is 0 Å². The largest absolute Gasteiger partial charge is 0.480 e. The van der Waals surface area contributed by atoms with Gasteiger partial charge >= 0.3 is 5.97 Å². The SMILES string of the molecule is Nc1cc(Cl)cc(C(=O)NCC(=O)O)c1. The van der Waals surface area contributed by atoms with Gasteiger partial charge in [-0.3, -0.25) is 9.59 Å². The fraction of sp³-hybridized carbons (Fsp3) is 0.111. The molecular formula is C9H9ClN2O3. The van der Waals surface area contributed by atoms with Crippen molar-refractivity contribution < 1.29 is 14.7 Å². The van der Waals surface area contributed by atoms with Crippen LogP contribution in [-0.4, -0.2) is 23.5 Å². The number of carbonyl (C=O) groups excluding carboxylic acids is 1. The number of halogens is 1. The van der Waals surface area contributed by atoms with Gasteiger partial charge in [-0.2, -0.15) is 0 Å². The highest BCUT2D eigenvalue weighted by Gasteiger charge is 2.08. The van der Waals surface area contributed by atoms with Gasteiger partial charge in [-0.25, -0.2) is 0 Å². The Morgan fingerprint density at radius 2 is 2.07 bits per heavy atom. The molecule has 0 saturated heterocycles. The van der Waals surface area contributed by atoms with Crippen LogP contribution in [0.15, 0.2) is 18.2 Å². The maximum atomic E-state index is 11.4. The molecule has 4 N–H and O–H groups in total. The average molecular weight is 229 g/mol. The van der Waals surface area contributed by atoms with E-state index >= 15 is 0 Å². The van der Waals surface area contributed by atoms with E-state index in [-0.39, 0.29) is 5.56 Å². The predicted molar refractivity (Wildman–Crippen MR) is 55.8 cm³/mol. The van der Waals surface area contributed by atoms with Gasteiger partial charge in [-0.15, -0.1) is 0 Å². The molecule has 0 aromatic heterocycles. The summed E-state index contributed by atoms with van der Waals surface area (Å²) in [6, 6.07) is 4.33. The van der Waals surface area contributed by atoms with Crippen molar-refractivity contribution in [2.24, 2.45) is 0 Å². The number of benzene rings is 1. The molecule has 0 aliphatic rings. The number of rotatable bonds is 3. The van der Waals surface area contributed by atoms with Gasteiger partial charge in [-0.05, 0) is 18.2 Å². The maximum Gasteiger partial charge on any atom is 0.322 e. The number of aliphatic carboxylic acids is 1. The summed E-state index contributed by atoms with van der Waals surface area (Å²) in [5, 5.41) is 10.9. The summed E-state index contributed by atoms with van der Waals surface area (Å²) in [7, 11) is 0. The lowest BCUT2D eigenvalue weighted by Gasteiger charge is -2.03. The van der Waals surface area contributed by atoms with Gasteiger partial charge in [0, 0.05) is 16.3 Å². The van der Waals surface area contributed by atoms with Crippen LogP contribution in [-0.2, 0) is 4.79 Å². The Hall–Kier alpha value is -1.75. The lowest BCUT2D eigenvalue weighted by Crippen LogP contribution is -2.29. The van der Waals surface area contributed by atoms with E-state index < -0.39 is 18.4 Å². The molecule has 80 valence electrons. The van der Waals surface area contributed by atoms with Gasteiger partial charge in [0.1, 0.15) is 6.54 Å². The van der Waals surface area contributed by atoms with Crippen LogP contribution in [0.3, 0.4) is 0 Å². The number of nitrogens with one attached hydrogen (secondary N) is 1. The Labute approximate surface area is 90.8 Å². The molecule has 0 saturated carbocycles. The first-order valence-corrected chi connectivity index (χ1v) is 4.43. The molecule has 0 spiro atoms. The molecule has 1 aromatic rings. The van der Waals surface area contributed by atoms with Crippen LogP contribution < -0.4 is 11.1 Å². The quantitative estimate of drug-likeness (QED) is 0.665. The molecule has 15 heavy (non-hydrogen) atoms. The van der Waals surface area contributed by atoms with Crippen molar-refractivity contribution in [2.45, 2.75) is 0 Å². The zero-order valence-electron chi connectivity index (χ0n) is 7.66. The van der Waals surface area contributed by atoms with Crippen molar-refractivity contribution in [3.8, 4) is 0 Å². The van der Waals surface area contributed by atoms with Crippen molar-refractivity contribution in [1.82, 2.24) is 5.32 Å². The molecule has 0 aliphatic carbocycles. The summed E-state index contributed by atoms with van der Waals surface area (Å²) in [6.07, 6.45) is 0. The van der Waals surface area contributed by atoms with E-state index in [0.29, 0.717) is 10.7 Å². The molecule has 5 nitrogen and oxygen atoms in total. The first-order valence-electron chi connectivity index (χ1n) is 4.05. The van der Waals surface area contributed by atoms with Gasteiger partial charge in [-0.1, -0.05) is 11.6 Å². The Balaban J connectivity index is 2.77. The fourth-order valence-corrected chi connectivity index (χ4v) is 1.24. The van der Waals surface area contributed by atoms with Crippen LogP contribution in [0.1, 0.15) is 10.4 Å². The molecule has 1 rings (SSSR count). The first-order chi connectivity index (χ1) is 6.99. The van der Waals surface area contributed by atoms with Gasteiger partial charge in [0.15, 0.2) is 0 Å². The molecule has 0 heterocycles. The van der Waals surface area contributed by atoms with Crippen LogP contribution >= 0.6 is 11.6 Å². The summed E-state index contributed by atoms with van der Waals surface area (Å²) in [6.45, 7) is -0.439. The number of carboxylic acid groups (broad SMARTS) is 1. The fourth-order valence-electron chi connectivity index (χ4n) is 1.00. The standard InChI is InChI=1S/C9H9ClN2O3/c10-6-1-5(2-7(11)3-6)9(15)12-4-8(13)14/h1-3H,4,11H2,(H,12,15)(H,13,14). The third kappa shape index (κ3) is 3.47. The van der Waals surface area contributed by atoms with Gasteiger partial charge in [0.2, 0.25) is 0 Å². The van der Waals surface area contributed by atoms with Crippen molar-refractivity contribution in [3.63, 3.8) is 0 Å². The Bertz CT molecular complexity index is 386. The second-order valence-electron chi connectivity index (χ2n) is 2.85. The second-order valence-corrected chi connectivity index (χ2v) is 3.29. The Kier molecular flexibility index (Phi) is 3.51. The number of nitrogens with two attached hydrogens (primary N) is 1. The maximum absolute atomic E-state index is 11.4. The van der Waals surface area contributed by atoms with Crippen LogP contribution in [0.2, 0.25) is 5.02 Å². The zero-order valence-corrected chi connectivity index (χ0v) is 8.41. The van der Waals surface area contributed by atoms with E-state index in [1.54, 1.807) is 0 Å². The minimum absolute atomic E-state index is 0.237. The topological polar surface area (TPSA) is 92.4 Å². The smallest absolute Gasteiger partial charge is 0.322 e. The zero-order chi connectivity index (χ0) is 11.4. The highest BCUT2D eigenvalue weighted by molar-refractivity contribution is 6.31. The third-order valence-corrected chi connectivity index (χ3v) is 1.80. The van der Waals surface area contributed by atoms with Crippen LogP contribution in [0.4, 0.5) is 5.69 Å². The predicted octanol–water partition coefficient (Wildman–Crippen LogP) is 0.737. The molecule has 0 unspecified atom stereocenters. The monoisotopic (exact) mass is 228 g/mol. The molecule has 0 atom stereocenters. The molecule has 1 aromatic carbocycles. The van der Waals surface area contributed by atoms with Gasteiger partial charge in [0.25, 0.3) is 5.91 Å². The van der Waals surface area contributed by atoms with E-state index in [9.17, 15) is 9.59 Å². The molecule has 0 radical (unpaired) electrons. The van der Waals surface area contributed by atoms with Gasteiger partial charge < -0.3 is 16.2 Å². The van der Waals surface area contributed by atoms with Crippen LogP contribution in [0.5, 0.6) is 0 Å². The minimum atomic E-state index is -1.11. The number of carboxylic acids is 1. The van der Waals surface area contributed by atoms with E-state index in [2.05, 4.69) is 5.32 Å². The highest BCUT2D eigenvalue weighted by Crippen LogP contribution is 2.16. The number of carbonyl (C=O) groups is 2. The van der Waals surface area contributed by atoms with Crippen molar-refractivity contribution in [3.05, 3.63) is 28.8 Å². The number of amides is 1. The molecular weight excluding hydrogens is 220 g/mol. The molecule has 6 heteroatoms. The van der Waals surface area contributed by atoms with Crippen molar-refractivity contribution in [2.75, 3.05) is 12.3 Å². The van der Waals surface area contributed by atoms with Gasteiger partial charge in [0.05, 0.1) is 0 Å². The average Bonchev–Trinajstić information content (AvgIpc) is 2.12. The second kappa shape index (κ2) is 4.65. The van der Waals surface area contributed by atoms with Crippen LogP contribution in [0, 0.1) is 0 Å².